The number of benzene rings is 1. The summed E-state index contributed by atoms with van der Waals surface area (Å²) in [6, 6.07) is 5.39. The largest absolute Gasteiger partial charge is 0.504 e. The van der Waals surface area contributed by atoms with E-state index < -0.39 is 0 Å². The molecule has 2 heterocycles. The molecule has 3 unspecified atom stereocenters. The highest BCUT2D eigenvalue weighted by Gasteiger charge is 2.42. The van der Waals surface area contributed by atoms with Gasteiger partial charge in [-0.1, -0.05) is 6.07 Å². The maximum atomic E-state index is 9.57. The monoisotopic (exact) mass is 236 g/mol. The number of hydrogen-bond acceptors (Lipinski definition) is 4. The second-order valence-electron chi connectivity index (χ2n) is 4.65. The molecule has 1 N–H and O–H groups in total. The molecule has 0 saturated carbocycles. The molecule has 0 aromatic heterocycles. The van der Waals surface area contributed by atoms with Gasteiger partial charge in [-0.05, 0) is 17.7 Å². The topological polar surface area (TPSA) is 47.9 Å². The van der Waals surface area contributed by atoms with E-state index in [0.29, 0.717) is 17.6 Å². The number of rotatable bonds is 2. The smallest absolute Gasteiger partial charge is 0.160 e. The highest BCUT2D eigenvalue weighted by atomic mass is 16.5. The summed E-state index contributed by atoms with van der Waals surface area (Å²) in [7, 11) is 1.55. The Morgan fingerprint density at radius 3 is 3.00 bits per heavy atom. The van der Waals surface area contributed by atoms with Crippen LogP contribution in [0.2, 0.25) is 0 Å². The molecule has 2 fully saturated rings. The van der Waals surface area contributed by atoms with E-state index in [1.807, 2.05) is 12.1 Å². The highest BCUT2D eigenvalue weighted by molar-refractivity contribution is 5.42. The number of fused-ring (bicyclic) bond motifs is 1. The van der Waals surface area contributed by atoms with Crippen molar-refractivity contribution in [2.75, 3.05) is 26.9 Å². The van der Waals surface area contributed by atoms with Crippen molar-refractivity contribution in [3.8, 4) is 11.5 Å². The fraction of sp³-hybridized carbons (Fsp3) is 0.538. The van der Waals surface area contributed by atoms with E-state index in [-0.39, 0.29) is 11.9 Å². The molecule has 1 aromatic rings. The van der Waals surface area contributed by atoms with Crippen molar-refractivity contribution in [2.24, 2.45) is 11.8 Å². The van der Waals surface area contributed by atoms with E-state index in [0.717, 1.165) is 25.4 Å². The molecule has 0 aliphatic carbocycles. The van der Waals surface area contributed by atoms with Gasteiger partial charge in [0.2, 0.25) is 0 Å². The van der Waals surface area contributed by atoms with Crippen molar-refractivity contribution in [3.05, 3.63) is 23.8 Å². The van der Waals surface area contributed by atoms with Crippen LogP contribution in [-0.4, -0.2) is 32.0 Å². The van der Waals surface area contributed by atoms with Gasteiger partial charge >= 0.3 is 0 Å². The number of aromatic hydroxyl groups is 1. The number of hydrogen-bond donors (Lipinski definition) is 1. The molecule has 2 aliphatic rings. The highest BCUT2D eigenvalue weighted by Crippen LogP contribution is 2.43. The first-order chi connectivity index (χ1) is 8.29. The second kappa shape index (κ2) is 4.20. The zero-order valence-electron chi connectivity index (χ0n) is 9.76. The summed E-state index contributed by atoms with van der Waals surface area (Å²) in [4.78, 5) is 0. The average molecular weight is 236 g/mol. The molecule has 4 nitrogen and oxygen atoms in total. The zero-order chi connectivity index (χ0) is 11.8. The fourth-order valence-electron chi connectivity index (χ4n) is 2.69. The standard InChI is InChI=1S/C13H16O4/c1-15-12-4-8(2-3-11(12)14)13-10-7-16-5-9(10)6-17-13/h2-4,9-10,13-14H,5-7H2,1H3. The molecule has 3 atom stereocenters. The molecule has 0 amide bonds. The minimum atomic E-state index is 0.0667. The van der Waals surface area contributed by atoms with Crippen LogP contribution in [0, 0.1) is 11.8 Å². The molecule has 0 radical (unpaired) electrons. The van der Waals surface area contributed by atoms with E-state index in [1.54, 1.807) is 13.2 Å². The van der Waals surface area contributed by atoms with Gasteiger partial charge in [0.25, 0.3) is 0 Å². The summed E-state index contributed by atoms with van der Waals surface area (Å²) < 4.78 is 16.4. The van der Waals surface area contributed by atoms with Crippen LogP contribution in [0.5, 0.6) is 11.5 Å². The first kappa shape index (κ1) is 10.9. The van der Waals surface area contributed by atoms with Gasteiger partial charge in [0, 0.05) is 11.8 Å². The van der Waals surface area contributed by atoms with Crippen LogP contribution in [0.4, 0.5) is 0 Å². The van der Waals surface area contributed by atoms with Gasteiger partial charge in [-0.25, -0.2) is 0 Å². The van der Waals surface area contributed by atoms with Crippen LogP contribution in [0.3, 0.4) is 0 Å². The Bertz CT molecular complexity index is 418. The molecule has 1 aromatic carbocycles. The lowest BCUT2D eigenvalue weighted by Gasteiger charge is -2.17. The van der Waals surface area contributed by atoms with E-state index in [1.165, 1.54) is 0 Å². The van der Waals surface area contributed by atoms with Crippen molar-refractivity contribution >= 4 is 0 Å². The normalized spacial score (nSPS) is 31.5. The quantitative estimate of drug-likeness (QED) is 0.849. The second-order valence-corrected chi connectivity index (χ2v) is 4.65. The maximum Gasteiger partial charge on any atom is 0.160 e. The van der Waals surface area contributed by atoms with Crippen LogP contribution in [0.15, 0.2) is 18.2 Å². The van der Waals surface area contributed by atoms with E-state index in [9.17, 15) is 5.11 Å². The van der Waals surface area contributed by atoms with Crippen LogP contribution in [0.1, 0.15) is 11.7 Å². The molecule has 3 rings (SSSR count). The molecule has 17 heavy (non-hydrogen) atoms. The Hall–Kier alpha value is -1.26. The van der Waals surface area contributed by atoms with Crippen LogP contribution in [0.25, 0.3) is 0 Å². The van der Waals surface area contributed by atoms with Crippen LogP contribution < -0.4 is 4.74 Å². The van der Waals surface area contributed by atoms with Gasteiger partial charge in [0.1, 0.15) is 0 Å². The third-order valence-electron chi connectivity index (χ3n) is 3.66. The van der Waals surface area contributed by atoms with Crippen LogP contribution in [-0.2, 0) is 9.47 Å². The van der Waals surface area contributed by atoms with Crippen molar-refractivity contribution in [3.63, 3.8) is 0 Å². The SMILES string of the molecule is COc1cc(C2OCC3COCC32)ccc1O. The fourth-order valence-corrected chi connectivity index (χ4v) is 2.69. The summed E-state index contributed by atoms with van der Waals surface area (Å²) >= 11 is 0. The van der Waals surface area contributed by atoms with Gasteiger partial charge in [-0.15, -0.1) is 0 Å². The molecular weight excluding hydrogens is 220 g/mol. The van der Waals surface area contributed by atoms with Crippen molar-refractivity contribution in [1.29, 1.82) is 0 Å². The minimum absolute atomic E-state index is 0.0667. The minimum Gasteiger partial charge on any atom is -0.504 e. The lowest BCUT2D eigenvalue weighted by atomic mass is 9.90. The predicted octanol–water partition coefficient (Wildman–Crippen LogP) is 1.73. The zero-order valence-corrected chi connectivity index (χ0v) is 9.76. The Balaban J connectivity index is 1.89. The number of methoxy groups -OCH3 is 1. The summed E-state index contributed by atoms with van der Waals surface area (Å²) in [6.07, 6.45) is 0.0667. The third kappa shape index (κ3) is 1.77. The Morgan fingerprint density at radius 2 is 2.18 bits per heavy atom. The number of phenolic OH excluding ortho intramolecular Hbond substituents is 1. The van der Waals surface area contributed by atoms with E-state index >= 15 is 0 Å². The van der Waals surface area contributed by atoms with E-state index in [2.05, 4.69) is 0 Å². The van der Waals surface area contributed by atoms with Gasteiger partial charge in [0.05, 0.1) is 33.0 Å². The lowest BCUT2D eigenvalue weighted by Crippen LogP contribution is -2.12. The van der Waals surface area contributed by atoms with Gasteiger partial charge in [-0.3, -0.25) is 0 Å². The third-order valence-corrected chi connectivity index (χ3v) is 3.66. The molecule has 2 aliphatic heterocycles. The Labute approximate surface area is 100 Å². The maximum absolute atomic E-state index is 9.57. The summed E-state index contributed by atoms with van der Waals surface area (Å²) in [6.45, 7) is 2.33. The first-order valence-corrected chi connectivity index (χ1v) is 5.86. The van der Waals surface area contributed by atoms with Crippen molar-refractivity contribution in [1.82, 2.24) is 0 Å². The molecule has 4 heteroatoms. The van der Waals surface area contributed by atoms with Crippen LogP contribution >= 0.6 is 0 Å². The van der Waals surface area contributed by atoms with Gasteiger partial charge < -0.3 is 19.3 Å². The van der Waals surface area contributed by atoms with E-state index in [4.69, 9.17) is 14.2 Å². The Kier molecular flexibility index (Phi) is 2.68. The molecular formula is C13H16O4. The first-order valence-electron chi connectivity index (χ1n) is 5.86. The van der Waals surface area contributed by atoms with Gasteiger partial charge in [-0.2, -0.15) is 0 Å². The van der Waals surface area contributed by atoms with Gasteiger partial charge in [0.15, 0.2) is 11.5 Å². The summed E-state index contributed by atoms with van der Waals surface area (Å²) in [5, 5.41) is 9.57. The molecule has 0 spiro atoms. The average Bonchev–Trinajstić information content (AvgIpc) is 2.92. The summed E-state index contributed by atoms with van der Waals surface area (Å²) in [5.41, 5.74) is 1.05. The molecule has 0 bridgehead atoms. The van der Waals surface area contributed by atoms with Crippen molar-refractivity contribution in [2.45, 2.75) is 6.10 Å². The Morgan fingerprint density at radius 1 is 1.29 bits per heavy atom. The lowest BCUT2D eigenvalue weighted by molar-refractivity contribution is 0.0501. The number of phenols is 1. The number of ether oxygens (including phenoxy) is 3. The molecule has 2 saturated heterocycles. The summed E-state index contributed by atoms with van der Waals surface area (Å²) in [5.74, 6) is 1.60. The predicted molar refractivity (Wildman–Crippen MR) is 61.2 cm³/mol. The van der Waals surface area contributed by atoms with Crippen molar-refractivity contribution < 1.29 is 19.3 Å². The molecule has 92 valence electrons.